The fourth-order valence-corrected chi connectivity index (χ4v) is 4.53. The molecule has 2 aromatic carbocycles. The summed E-state index contributed by atoms with van der Waals surface area (Å²) in [6, 6.07) is 13.0. The van der Waals surface area contributed by atoms with Crippen LogP contribution in [-0.2, 0) is 0 Å². The maximum Gasteiger partial charge on any atom is 0.270 e. The van der Waals surface area contributed by atoms with Gasteiger partial charge in [-0.05, 0) is 48.8 Å². The Bertz CT molecular complexity index is 960. The van der Waals surface area contributed by atoms with Gasteiger partial charge >= 0.3 is 0 Å². The Kier molecular flexibility index (Phi) is 4.30. The third-order valence-electron chi connectivity index (χ3n) is 5.94. The fraction of sp³-hybridized carbons (Fsp3) is 0.381. The molecule has 1 N–H and O–H groups in total. The molecule has 1 saturated heterocycles. The number of nitro groups is 1. The van der Waals surface area contributed by atoms with Gasteiger partial charge in [0.1, 0.15) is 5.75 Å². The molecule has 2 heterocycles. The highest BCUT2D eigenvalue weighted by molar-refractivity contribution is 7.80. The van der Waals surface area contributed by atoms with Crippen LogP contribution in [0.3, 0.4) is 0 Å². The van der Waals surface area contributed by atoms with Gasteiger partial charge in [0.25, 0.3) is 5.69 Å². The summed E-state index contributed by atoms with van der Waals surface area (Å²) < 4.78 is 6.43. The summed E-state index contributed by atoms with van der Waals surface area (Å²) in [6.45, 7) is 8.43. The molecule has 0 aliphatic carbocycles. The van der Waals surface area contributed by atoms with Crippen molar-refractivity contribution in [3.05, 3.63) is 63.7 Å². The minimum absolute atomic E-state index is 0.0125. The first-order chi connectivity index (χ1) is 13.2. The van der Waals surface area contributed by atoms with Crippen LogP contribution in [-0.4, -0.2) is 15.8 Å². The van der Waals surface area contributed by atoms with Crippen molar-refractivity contribution in [3.63, 3.8) is 0 Å². The molecule has 146 valence electrons. The maximum atomic E-state index is 11.2. The number of ether oxygens (including phenoxy) is 1. The summed E-state index contributed by atoms with van der Waals surface area (Å²) in [4.78, 5) is 12.8. The minimum atomic E-state index is -0.699. The first-order valence-corrected chi connectivity index (χ1v) is 9.81. The molecule has 7 heteroatoms. The fourth-order valence-electron chi connectivity index (χ4n) is 4.11. The molecule has 3 atom stereocenters. The number of hydrogen-bond donors (Lipinski definition) is 1. The van der Waals surface area contributed by atoms with Crippen LogP contribution in [0.5, 0.6) is 5.75 Å². The Morgan fingerprint density at radius 2 is 1.93 bits per heavy atom. The van der Waals surface area contributed by atoms with Crippen LogP contribution in [0.1, 0.15) is 50.8 Å². The standard InChI is InChI=1S/C21H23N3O3S/c1-12(2)14-5-7-15(8-6-14)23-20(28)22-19-13(3)21(23,4)27-18-10-9-16(24(25)26)11-17(18)19/h5-13,19H,1-4H3,(H,22,28)/t13-,19-,21-/m0/s1. The van der Waals surface area contributed by atoms with E-state index in [1.165, 1.54) is 11.6 Å². The Hall–Kier alpha value is -2.67. The van der Waals surface area contributed by atoms with Crippen LogP contribution in [0.2, 0.25) is 0 Å². The molecule has 1 fully saturated rings. The maximum absolute atomic E-state index is 11.2. The molecule has 2 aliphatic rings. The highest BCUT2D eigenvalue weighted by atomic mass is 32.1. The lowest BCUT2D eigenvalue weighted by atomic mass is 9.80. The first-order valence-electron chi connectivity index (χ1n) is 9.40. The van der Waals surface area contributed by atoms with Crippen LogP contribution in [0.25, 0.3) is 0 Å². The Labute approximate surface area is 169 Å². The topological polar surface area (TPSA) is 67.6 Å². The second-order valence-electron chi connectivity index (χ2n) is 7.93. The monoisotopic (exact) mass is 397 g/mol. The summed E-state index contributed by atoms with van der Waals surface area (Å²) in [5, 5.41) is 15.1. The number of benzene rings is 2. The van der Waals surface area contributed by atoms with Crippen molar-refractivity contribution in [2.45, 2.75) is 45.4 Å². The number of nitro benzene ring substituents is 1. The second kappa shape index (κ2) is 6.44. The zero-order valence-corrected chi connectivity index (χ0v) is 17.1. The molecule has 0 amide bonds. The van der Waals surface area contributed by atoms with E-state index in [1.807, 2.05) is 11.8 Å². The van der Waals surface area contributed by atoms with Crippen molar-refractivity contribution >= 4 is 28.7 Å². The normalized spacial score (nSPS) is 25.8. The number of anilines is 1. The summed E-state index contributed by atoms with van der Waals surface area (Å²) in [5.74, 6) is 1.11. The SMILES string of the molecule is CC(C)c1ccc(N2C(=S)N[C@@H]3c4cc([N+](=O)[O-])ccc4O[C@@]2(C)[C@H]3C)cc1. The number of non-ortho nitro benzene ring substituents is 1. The Balaban J connectivity index is 1.78. The number of nitrogens with zero attached hydrogens (tertiary/aromatic N) is 2. The third kappa shape index (κ3) is 2.73. The van der Waals surface area contributed by atoms with Gasteiger partial charge in [-0.3, -0.25) is 15.0 Å². The minimum Gasteiger partial charge on any atom is -0.467 e. The zero-order chi connectivity index (χ0) is 20.2. The highest BCUT2D eigenvalue weighted by Crippen LogP contribution is 2.49. The first kappa shape index (κ1) is 18.7. The van der Waals surface area contributed by atoms with Gasteiger partial charge in [-0.1, -0.05) is 32.9 Å². The molecule has 6 nitrogen and oxygen atoms in total. The summed E-state index contributed by atoms with van der Waals surface area (Å²) in [6.07, 6.45) is 0. The molecule has 0 saturated carbocycles. The third-order valence-corrected chi connectivity index (χ3v) is 6.25. The number of hydrogen-bond acceptors (Lipinski definition) is 4. The van der Waals surface area contributed by atoms with Crippen molar-refractivity contribution in [2.24, 2.45) is 5.92 Å². The number of fused-ring (bicyclic) bond motifs is 4. The molecule has 28 heavy (non-hydrogen) atoms. The predicted molar refractivity (Wildman–Crippen MR) is 113 cm³/mol. The number of thiocarbonyl (C=S) groups is 1. The molecule has 0 spiro atoms. The largest absolute Gasteiger partial charge is 0.467 e. The molecular weight excluding hydrogens is 374 g/mol. The quantitative estimate of drug-likeness (QED) is 0.451. The van der Waals surface area contributed by atoms with E-state index in [9.17, 15) is 10.1 Å². The van der Waals surface area contributed by atoms with E-state index in [0.717, 1.165) is 11.3 Å². The van der Waals surface area contributed by atoms with Crippen LogP contribution >= 0.6 is 12.2 Å². The van der Waals surface area contributed by atoms with Gasteiger partial charge in [-0.25, -0.2) is 0 Å². The Morgan fingerprint density at radius 1 is 1.25 bits per heavy atom. The van der Waals surface area contributed by atoms with Crippen molar-refractivity contribution in [1.29, 1.82) is 0 Å². The Morgan fingerprint density at radius 3 is 2.54 bits per heavy atom. The molecular formula is C21H23N3O3S. The molecule has 2 aromatic rings. The average Bonchev–Trinajstić information content (AvgIpc) is 2.64. The van der Waals surface area contributed by atoms with Crippen molar-refractivity contribution < 1.29 is 9.66 Å². The van der Waals surface area contributed by atoms with Crippen molar-refractivity contribution in [2.75, 3.05) is 4.90 Å². The van der Waals surface area contributed by atoms with Crippen molar-refractivity contribution in [1.82, 2.24) is 5.32 Å². The summed E-state index contributed by atoms with van der Waals surface area (Å²) in [5.41, 5.74) is 2.35. The summed E-state index contributed by atoms with van der Waals surface area (Å²) >= 11 is 5.69. The lowest BCUT2D eigenvalue weighted by molar-refractivity contribution is -0.385. The van der Waals surface area contributed by atoms with Crippen LogP contribution in [0, 0.1) is 16.0 Å². The zero-order valence-electron chi connectivity index (χ0n) is 16.3. The van der Waals surface area contributed by atoms with E-state index < -0.39 is 5.72 Å². The van der Waals surface area contributed by atoms with E-state index in [0.29, 0.717) is 16.8 Å². The van der Waals surface area contributed by atoms with Gasteiger partial charge in [0.15, 0.2) is 10.8 Å². The molecule has 0 aromatic heterocycles. The van der Waals surface area contributed by atoms with E-state index in [2.05, 4.69) is 50.4 Å². The number of rotatable bonds is 3. The lowest BCUT2D eigenvalue weighted by Crippen LogP contribution is -2.69. The molecule has 4 rings (SSSR count). The molecule has 0 radical (unpaired) electrons. The smallest absolute Gasteiger partial charge is 0.270 e. The van der Waals surface area contributed by atoms with Gasteiger partial charge in [0.2, 0.25) is 0 Å². The number of nitrogens with one attached hydrogen (secondary N) is 1. The second-order valence-corrected chi connectivity index (χ2v) is 8.32. The van der Waals surface area contributed by atoms with Crippen LogP contribution in [0.15, 0.2) is 42.5 Å². The van der Waals surface area contributed by atoms with Gasteiger partial charge in [0, 0.05) is 29.3 Å². The average molecular weight is 398 g/mol. The van der Waals surface area contributed by atoms with Gasteiger partial charge < -0.3 is 10.1 Å². The lowest BCUT2D eigenvalue weighted by Gasteiger charge is -2.56. The predicted octanol–water partition coefficient (Wildman–Crippen LogP) is 4.90. The van der Waals surface area contributed by atoms with E-state index in [4.69, 9.17) is 17.0 Å². The summed E-state index contributed by atoms with van der Waals surface area (Å²) in [7, 11) is 0. The molecule has 2 bridgehead atoms. The van der Waals surface area contributed by atoms with Gasteiger partial charge in [-0.15, -0.1) is 0 Å². The highest BCUT2D eigenvalue weighted by Gasteiger charge is 2.54. The van der Waals surface area contributed by atoms with Gasteiger partial charge in [0.05, 0.1) is 11.0 Å². The van der Waals surface area contributed by atoms with E-state index >= 15 is 0 Å². The molecule has 0 unspecified atom stereocenters. The van der Waals surface area contributed by atoms with E-state index in [-0.39, 0.29) is 22.6 Å². The van der Waals surface area contributed by atoms with Crippen LogP contribution in [0.4, 0.5) is 11.4 Å². The van der Waals surface area contributed by atoms with Gasteiger partial charge in [-0.2, -0.15) is 0 Å². The van der Waals surface area contributed by atoms with E-state index in [1.54, 1.807) is 12.1 Å². The van der Waals surface area contributed by atoms with Crippen molar-refractivity contribution in [3.8, 4) is 5.75 Å². The van der Waals surface area contributed by atoms with Crippen LogP contribution < -0.4 is 15.0 Å². The molecule has 2 aliphatic heterocycles.